The molecule has 1 aromatic rings. The van der Waals surface area contributed by atoms with E-state index in [2.05, 4.69) is 20.8 Å². The number of hydrogen-bond acceptors (Lipinski definition) is 2. The molecular formula is C11H17ClOS. The van der Waals surface area contributed by atoms with E-state index >= 15 is 0 Å². The first-order chi connectivity index (χ1) is 6.50. The van der Waals surface area contributed by atoms with Gasteiger partial charge in [0.25, 0.3) is 0 Å². The van der Waals surface area contributed by atoms with Gasteiger partial charge in [0, 0.05) is 11.3 Å². The Morgan fingerprint density at radius 1 is 1.36 bits per heavy atom. The molecule has 0 saturated carbocycles. The van der Waals surface area contributed by atoms with Gasteiger partial charge >= 0.3 is 0 Å². The van der Waals surface area contributed by atoms with Crippen LogP contribution in [0.2, 0.25) is 4.34 Å². The molecule has 0 aliphatic rings. The van der Waals surface area contributed by atoms with Gasteiger partial charge in [-0.1, -0.05) is 32.4 Å². The lowest BCUT2D eigenvalue weighted by Gasteiger charge is -2.21. The van der Waals surface area contributed by atoms with Crippen LogP contribution in [0, 0.1) is 11.8 Å². The summed E-state index contributed by atoms with van der Waals surface area (Å²) in [5, 5.41) is 9.91. The molecule has 2 atom stereocenters. The number of rotatable bonds is 4. The first-order valence-electron chi connectivity index (χ1n) is 4.93. The summed E-state index contributed by atoms with van der Waals surface area (Å²) in [5.74, 6) is 0.844. The Kier molecular flexibility index (Phi) is 4.42. The quantitative estimate of drug-likeness (QED) is 0.841. The van der Waals surface area contributed by atoms with Crippen molar-refractivity contribution in [3.05, 3.63) is 21.3 Å². The highest BCUT2D eigenvalue weighted by Crippen LogP contribution is 2.25. The van der Waals surface area contributed by atoms with Crippen LogP contribution in [0.5, 0.6) is 0 Å². The minimum Gasteiger partial charge on any atom is -0.392 e. The standard InChI is InChI=1S/C11H17ClOS/c1-7(2)8(3)10(13)6-9-4-5-11(12)14-9/h4-5,7-8,10,13H,6H2,1-3H3. The molecule has 1 N–H and O–H groups in total. The van der Waals surface area contributed by atoms with Crippen molar-refractivity contribution in [2.45, 2.75) is 33.3 Å². The molecule has 0 saturated heterocycles. The Bertz CT molecular complexity index is 283. The molecule has 0 fully saturated rings. The summed E-state index contributed by atoms with van der Waals surface area (Å²) >= 11 is 7.37. The Labute approximate surface area is 94.7 Å². The fraction of sp³-hybridized carbons (Fsp3) is 0.636. The van der Waals surface area contributed by atoms with Gasteiger partial charge in [0.15, 0.2) is 0 Å². The molecule has 1 aromatic heterocycles. The van der Waals surface area contributed by atoms with Crippen molar-refractivity contribution in [2.75, 3.05) is 0 Å². The zero-order valence-electron chi connectivity index (χ0n) is 8.83. The Morgan fingerprint density at radius 3 is 2.43 bits per heavy atom. The molecule has 1 nitrogen and oxygen atoms in total. The van der Waals surface area contributed by atoms with E-state index in [1.807, 2.05) is 12.1 Å². The lowest BCUT2D eigenvalue weighted by molar-refractivity contribution is 0.0929. The molecule has 14 heavy (non-hydrogen) atoms. The van der Waals surface area contributed by atoms with E-state index in [1.165, 1.54) is 0 Å². The highest BCUT2D eigenvalue weighted by molar-refractivity contribution is 7.16. The molecule has 2 unspecified atom stereocenters. The van der Waals surface area contributed by atoms with E-state index in [-0.39, 0.29) is 6.10 Å². The summed E-state index contributed by atoms with van der Waals surface area (Å²) in [6, 6.07) is 3.87. The minimum absolute atomic E-state index is 0.260. The van der Waals surface area contributed by atoms with E-state index in [4.69, 9.17) is 11.6 Å². The van der Waals surface area contributed by atoms with Crippen LogP contribution in [-0.4, -0.2) is 11.2 Å². The summed E-state index contributed by atoms with van der Waals surface area (Å²) < 4.78 is 0.796. The third-order valence-corrected chi connectivity index (χ3v) is 3.95. The monoisotopic (exact) mass is 232 g/mol. The van der Waals surface area contributed by atoms with E-state index in [0.717, 1.165) is 15.6 Å². The lowest BCUT2D eigenvalue weighted by atomic mass is 9.90. The normalized spacial score (nSPS) is 15.9. The van der Waals surface area contributed by atoms with Gasteiger partial charge in [-0.2, -0.15) is 0 Å². The molecule has 0 spiro atoms. The number of aliphatic hydroxyl groups is 1. The first-order valence-corrected chi connectivity index (χ1v) is 6.12. The van der Waals surface area contributed by atoms with Gasteiger partial charge in [-0.25, -0.2) is 0 Å². The Balaban J connectivity index is 2.52. The Morgan fingerprint density at radius 2 is 2.00 bits per heavy atom. The molecule has 0 aromatic carbocycles. The fourth-order valence-corrected chi connectivity index (χ4v) is 2.43. The zero-order chi connectivity index (χ0) is 10.7. The summed E-state index contributed by atoms with van der Waals surface area (Å²) in [7, 11) is 0. The molecule has 1 rings (SSSR count). The van der Waals surface area contributed by atoms with Crippen LogP contribution >= 0.6 is 22.9 Å². The minimum atomic E-state index is -0.260. The molecule has 0 aliphatic heterocycles. The largest absolute Gasteiger partial charge is 0.392 e. The number of halogens is 1. The van der Waals surface area contributed by atoms with Crippen molar-refractivity contribution >= 4 is 22.9 Å². The van der Waals surface area contributed by atoms with Crippen LogP contribution in [0.25, 0.3) is 0 Å². The van der Waals surface area contributed by atoms with Gasteiger partial charge < -0.3 is 5.11 Å². The molecule has 0 bridgehead atoms. The highest BCUT2D eigenvalue weighted by atomic mass is 35.5. The molecule has 1 heterocycles. The number of hydrogen-bond donors (Lipinski definition) is 1. The second kappa shape index (κ2) is 5.15. The van der Waals surface area contributed by atoms with Crippen LogP contribution in [-0.2, 0) is 6.42 Å². The van der Waals surface area contributed by atoms with E-state index in [0.29, 0.717) is 11.8 Å². The van der Waals surface area contributed by atoms with Crippen LogP contribution < -0.4 is 0 Å². The van der Waals surface area contributed by atoms with E-state index in [1.54, 1.807) is 11.3 Å². The van der Waals surface area contributed by atoms with Crippen LogP contribution in [0.15, 0.2) is 12.1 Å². The SMILES string of the molecule is CC(C)C(C)C(O)Cc1ccc(Cl)s1. The highest BCUT2D eigenvalue weighted by Gasteiger charge is 2.18. The van der Waals surface area contributed by atoms with Gasteiger partial charge in [0.2, 0.25) is 0 Å². The summed E-state index contributed by atoms with van der Waals surface area (Å²) in [6.45, 7) is 6.36. The summed E-state index contributed by atoms with van der Waals surface area (Å²) in [4.78, 5) is 1.16. The lowest BCUT2D eigenvalue weighted by Crippen LogP contribution is -2.24. The molecule has 3 heteroatoms. The van der Waals surface area contributed by atoms with Crippen molar-refractivity contribution in [2.24, 2.45) is 11.8 Å². The van der Waals surface area contributed by atoms with Crippen molar-refractivity contribution in [1.82, 2.24) is 0 Å². The van der Waals surface area contributed by atoms with Crippen molar-refractivity contribution in [3.8, 4) is 0 Å². The predicted octanol–water partition coefficient (Wildman–Crippen LogP) is 3.60. The average Bonchev–Trinajstić information content (AvgIpc) is 2.49. The third-order valence-electron chi connectivity index (χ3n) is 2.70. The molecule has 0 radical (unpaired) electrons. The first kappa shape index (κ1) is 12.0. The zero-order valence-corrected chi connectivity index (χ0v) is 10.4. The maximum absolute atomic E-state index is 9.91. The molecular weight excluding hydrogens is 216 g/mol. The second-order valence-corrected chi connectivity index (χ2v) is 5.88. The summed E-state index contributed by atoms with van der Waals surface area (Å²) in [6.07, 6.45) is 0.459. The molecule has 80 valence electrons. The van der Waals surface area contributed by atoms with Gasteiger partial charge in [-0.05, 0) is 24.0 Å². The van der Waals surface area contributed by atoms with Gasteiger partial charge in [0.05, 0.1) is 10.4 Å². The Hall–Kier alpha value is -0.0500. The number of aliphatic hydroxyl groups excluding tert-OH is 1. The maximum Gasteiger partial charge on any atom is 0.0931 e. The second-order valence-electron chi connectivity index (χ2n) is 4.08. The van der Waals surface area contributed by atoms with Crippen LogP contribution in [0.4, 0.5) is 0 Å². The van der Waals surface area contributed by atoms with Gasteiger partial charge in [-0.3, -0.25) is 0 Å². The van der Waals surface area contributed by atoms with Crippen LogP contribution in [0.3, 0.4) is 0 Å². The van der Waals surface area contributed by atoms with Crippen molar-refractivity contribution in [1.29, 1.82) is 0 Å². The summed E-state index contributed by atoms with van der Waals surface area (Å²) in [5.41, 5.74) is 0. The average molecular weight is 233 g/mol. The fourth-order valence-electron chi connectivity index (χ4n) is 1.30. The van der Waals surface area contributed by atoms with E-state index < -0.39 is 0 Å². The van der Waals surface area contributed by atoms with Gasteiger partial charge in [0.1, 0.15) is 0 Å². The van der Waals surface area contributed by atoms with Crippen LogP contribution in [0.1, 0.15) is 25.6 Å². The molecule has 0 amide bonds. The van der Waals surface area contributed by atoms with E-state index in [9.17, 15) is 5.11 Å². The van der Waals surface area contributed by atoms with Crippen molar-refractivity contribution < 1.29 is 5.11 Å². The number of thiophene rings is 1. The topological polar surface area (TPSA) is 20.2 Å². The molecule has 0 aliphatic carbocycles. The third kappa shape index (κ3) is 3.26. The maximum atomic E-state index is 9.91. The van der Waals surface area contributed by atoms with Gasteiger partial charge in [-0.15, -0.1) is 11.3 Å². The predicted molar refractivity (Wildman–Crippen MR) is 63.0 cm³/mol. The van der Waals surface area contributed by atoms with Crippen molar-refractivity contribution in [3.63, 3.8) is 0 Å². The smallest absolute Gasteiger partial charge is 0.0931 e.